The Hall–Kier alpha value is -2.34. The molecule has 6 nitrogen and oxygen atoms in total. The average molecular weight is 284 g/mol. The van der Waals surface area contributed by atoms with Crippen molar-refractivity contribution in [2.75, 3.05) is 6.54 Å². The first kappa shape index (κ1) is 13.6. The lowest BCUT2D eigenvalue weighted by molar-refractivity contribution is -0.141. The Morgan fingerprint density at radius 1 is 1.29 bits per heavy atom. The molecule has 3 rings (SSSR count). The van der Waals surface area contributed by atoms with Crippen molar-refractivity contribution >= 4 is 23.6 Å². The highest BCUT2D eigenvalue weighted by Crippen LogP contribution is 2.22. The van der Waals surface area contributed by atoms with Gasteiger partial charge in [0.1, 0.15) is 5.66 Å². The SMILES string of the molecule is CC1(c2cccc(C3=NN=CCC3)c2)NCC(=O)C(=O)N1. The summed E-state index contributed by atoms with van der Waals surface area (Å²) >= 11 is 0. The first-order valence-corrected chi connectivity index (χ1v) is 6.88. The van der Waals surface area contributed by atoms with Crippen molar-refractivity contribution in [2.24, 2.45) is 10.2 Å². The van der Waals surface area contributed by atoms with Crippen LogP contribution < -0.4 is 10.6 Å². The maximum absolute atomic E-state index is 11.6. The molecule has 1 fully saturated rings. The Kier molecular flexibility index (Phi) is 3.39. The highest BCUT2D eigenvalue weighted by molar-refractivity contribution is 6.37. The number of hydrogen-bond acceptors (Lipinski definition) is 5. The van der Waals surface area contributed by atoms with Crippen molar-refractivity contribution in [3.63, 3.8) is 0 Å². The molecule has 2 aliphatic rings. The number of hydrogen-bond donors (Lipinski definition) is 2. The number of nitrogens with one attached hydrogen (secondary N) is 2. The van der Waals surface area contributed by atoms with Crippen LogP contribution in [-0.2, 0) is 15.3 Å². The zero-order chi connectivity index (χ0) is 14.9. The average Bonchev–Trinajstić information content (AvgIpc) is 2.52. The fourth-order valence-electron chi connectivity index (χ4n) is 2.48. The molecule has 2 N–H and O–H groups in total. The number of ketones is 1. The standard InChI is InChI=1S/C15H16N4O2/c1-15(16-9-13(20)14(21)18-15)11-5-2-4-10(8-11)12-6-3-7-17-19-12/h2,4-5,7-8,16H,3,6,9H2,1H3,(H,18,21). The monoisotopic (exact) mass is 284 g/mol. The second-order valence-electron chi connectivity index (χ2n) is 5.32. The van der Waals surface area contributed by atoms with Gasteiger partial charge < -0.3 is 5.32 Å². The first-order chi connectivity index (χ1) is 10.1. The molecule has 1 atom stereocenters. The second kappa shape index (κ2) is 5.21. The third kappa shape index (κ3) is 2.62. The van der Waals surface area contributed by atoms with Crippen LogP contribution in [0.15, 0.2) is 34.5 Å². The van der Waals surface area contributed by atoms with E-state index in [9.17, 15) is 9.59 Å². The molecule has 1 saturated heterocycles. The molecule has 0 bridgehead atoms. The Bertz CT molecular complexity index is 665. The summed E-state index contributed by atoms with van der Waals surface area (Å²) < 4.78 is 0. The summed E-state index contributed by atoms with van der Waals surface area (Å²) in [6.45, 7) is 1.88. The molecule has 2 heterocycles. The minimum absolute atomic E-state index is 0.0395. The van der Waals surface area contributed by atoms with Crippen LogP contribution in [0, 0.1) is 0 Å². The highest BCUT2D eigenvalue weighted by atomic mass is 16.2. The third-order valence-corrected chi connectivity index (χ3v) is 3.76. The van der Waals surface area contributed by atoms with Crippen LogP contribution in [0.5, 0.6) is 0 Å². The van der Waals surface area contributed by atoms with E-state index >= 15 is 0 Å². The molecule has 108 valence electrons. The predicted molar refractivity (Wildman–Crippen MR) is 79.2 cm³/mol. The van der Waals surface area contributed by atoms with E-state index in [-0.39, 0.29) is 6.54 Å². The molecule has 0 radical (unpaired) electrons. The van der Waals surface area contributed by atoms with Crippen LogP contribution in [-0.4, -0.2) is 30.2 Å². The summed E-state index contributed by atoms with van der Waals surface area (Å²) in [7, 11) is 0. The van der Waals surface area contributed by atoms with Crippen LogP contribution in [0.25, 0.3) is 0 Å². The number of carbonyl (C=O) groups is 2. The van der Waals surface area contributed by atoms with Gasteiger partial charge in [0.15, 0.2) is 0 Å². The van der Waals surface area contributed by atoms with Gasteiger partial charge in [-0.3, -0.25) is 14.9 Å². The van der Waals surface area contributed by atoms with E-state index in [1.807, 2.05) is 31.2 Å². The van der Waals surface area contributed by atoms with E-state index in [1.54, 1.807) is 6.21 Å². The van der Waals surface area contributed by atoms with Crippen LogP contribution in [0.1, 0.15) is 30.9 Å². The van der Waals surface area contributed by atoms with Crippen molar-refractivity contribution in [3.8, 4) is 0 Å². The van der Waals surface area contributed by atoms with Gasteiger partial charge in [-0.25, -0.2) is 0 Å². The van der Waals surface area contributed by atoms with Gasteiger partial charge in [-0.2, -0.15) is 10.2 Å². The van der Waals surface area contributed by atoms with Crippen LogP contribution in [0.2, 0.25) is 0 Å². The lowest BCUT2D eigenvalue weighted by Gasteiger charge is -2.35. The second-order valence-corrected chi connectivity index (χ2v) is 5.32. The summed E-state index contributed by atoms with van der Waals surface area (Å²) in [5.41, 5.74) is 2.05. The molecular weight excluding hydrogens is 268 g/mol. The van der Waals surface area contributed by atoms with E-state index in [2.05, 4.69) is 20.8 Å². The minimum Gasteiger partial charge on any atom is -0.328 e. The summed E-state index contributed by atoms with van der Waals surface area (Å²) in [6, 6.07) is 7.78. The first-order valence-electron chi connectivity index (χ1n) is 6.88. The van der Waals surface area contributed by atoms with E-state index in [0.29, 0.717) is 0 Å². The third-order valence-electron chi connectivity index (χ3n) is 3.76. The van der Waals surface area contributed by atoms with Gasteiger partial charge in [0.2, 0.25) is 5.78 Å². The summed E-state index contributed by atoms with van der Waals surface area (Å²) in [6.07, 6.45) is 3.52. The smallest absolute Gasteiger partial charge is 0.290 e. The van der Waals surface area contributed by atoms with Gasteiger partial charge in [-0.1, -0.05) is 18.2 Å². The van der Waals surface area contributed by atoms with E-state index in [1.165, 1.54) is 0 Å². The van der Waals surface area contributed by atoms with Gasteiger partial charge in [-0.15, -0.1) is 0 Å². The zero-order valence-corrected chi connectivity index (χ0v) is 11.7. The summed E-state index contributed by atoms with van der Waals surface area (Å²) in [5, 5.41) is 13.9. The van der Waals surface area contributed by atoms with Crippen LogP contribution >= 0.6 is 0 Å². The molecule has 6 heteroatoms. The predicted octanol–water partition coefficient (Wildman–Crippen LogP) is 0.716. The topological polar surface area (TPSA) is 82.9 Å². The fraction of sp³-hybridized carbons (Fsp3) is 0.333. The zero-order valence-electron chi connectivity index (χ0n) is 11.7. The van der Waals surface area contributed by atoms with Gasteiger partial charge in [0.25, 0.3) is 5.91 Å². The van der Waals surface area contributed by atoms with Crippen molar-refractivity contribution in [2.45, 2.75) is 25.4 Å². The molecule has 21 heavy (non-hydrogen) atoms. The van der Waals surface area contributed by atoms with E-state index in [4.69, 9.17) is 0 Å². The molecule has 1 aromatic carbocycles. The molecule has 1 unspecified atom stereocenters. The van der Waals surface area contributed by atoms with Crippen molar-refractivity contribution in [1.29, 1.82) is 0 Å². The lowest BCUT2D eigenvalue weighted by Crippen LogP contribution is -2.62. The lowest BCUT2D eigenvalue weighted by atomic mass is 9.94. The summed E-state index contributed by atoms with van der Waals surface area (Å²) in [5.74, 6) is -1.00. The minimum atomic E-state index is -0.750. The molecule has 0 saturated carbocycles. The Morgan fingerprint density at radius 2 is 2.14 bits per heavy atom. The number of rotatable bonds is 2. The van der Waals surface area contributed by atoms with Gasteiger partial charge in [0.05, 0.1) is 12.3 Å². The maximum Gasteiger partial charge on any atom is 0.290 e. The molecule has 1 aromatic rings. The van der Waals surface area contributed by atoms with Crippen LogP contribution in [0.3, 0.4) is 0 Å². The van der Waals surface area contributed by atoms with Crippen LogP contribution in [0.4, 0.5) is 0 Å². The van der Waals surface area contributed by atoms with Crippen molar-refractivity contribution < 1.29 is 9.59 Å². The number of carbonyl (C=O) groups excluding carboxylic acids is 2. The Morgan fingerprint density at radius 3 is 2.86 bits per heavy atom. The molecule has 0 aliphatic carbocycles. The van der Waals surface area contributed by atoms with Gasteiger partial charge in [0, 0.05) is 6.21 Å². The van der Waals surface area contributed by atoms with E-state index < -0.39 is 17.4 Å². The van der Waals surface area contributed by atoms with Crippen molar-refractivity contribution in [1.82, 2.24) is 10.6 Å². The van der Waals surface area contributed by atoms with E-state index in [0.717, 1.165) is 29.7 Å². The maximum atomic E-state index is 11.6. The number of Topliss-reactive ketones (excluding diaryl/α,β-unsaturated/α-hetero) is 1. The largest absolute Gasteiger partial charge is 0.328 e. The number of nitrogens with zero attached hydrogens (tertiary/aromatic N) is 2. The Labute approximate surface area is 122 Å². The number of benzene rings is 1. The van der Waals surface area contributed by atoms with Gasteiger partial charge >= 0.3 is 0 Å². The number of amides is 1. The molecule has 2 aliphatic heterocycles. The molecule has 1 amide bonds. The molecule has 0 aromatic heterocycles. The Balaban J connectivity index is 1.92. The normalized spacial score (nSPS) is 25.5. The van der Waals surface area contributed by atoms with Gasteiger partial charge in [-0.05, 0) is 37.0 Å². The quantitative estimate of drug-likeness (QED) is 0.785. The highest BCUT2D eigenvalue weighted by Gasteiger charge is 2.35. The van der Waals surface area contributed by atoms with Crippen molar-refractivity contribution in [3.05, 3.63) is 35.4 Å². The summed E-state index contributed by atoms with van der Waals surface area (Å²) in [4.78, 5) is 22.9. The fourth-order valence-corrected chi connectivity index (χ4v) is 2.48. The molecule has 0 spiro atoms. The molecular formula is C15H16N4O2.